The van der Waals surface area contributed by atoms with Crippen molar-refractivity contribution in [3.63, 3.8) is 0 Å². The third-order valence-electron chi connectivity index (χ3n) is 3.41. The fourth-order valence-electron chi connectivity index (χ4n) is 2.44. The minimum atomic E-state index is 0.257. The zero-order valence-corrected chi connectivity index (χ0v) is 12.1. The van der Waals surface area contributed by atoms with E-state index in [1.807, 2.05) is 0 Å². The zero-order chi connectivity index (χ0) is 12.1. The first kappa shape index (κ1) is 13.4. The maximum Gasteiger partial charge on any atom is 0.0507 e. The summed E-state index contributed by atoms with van der Waals surface area (Å²) in [7, 11) is 0. The third-order valence-corrected chi connectivity index (χ3v) is 5.16. The molecule has 1 saturated heterocycles. The molecule has 0 radical (unpaired) electrons. The topological polar surface area (TPSA) is 29.3 Å². The van der Waals surface area contributed by atoms with Crippen molar-refractivity contribution in [2.75, 3.05) is 24.6 Å². The number of hydrogen-bond donors (Lipinski definition) is 1. The summed E-state index contributed by atoms with van der Waals surface area (Å²) in [5, 5.41) is 4.43. The van der Waals surface area contributed by atoms with E-state index in [1.54, 1.807) is 11.3 Å². The van der Waals surface area contributed by atoms with Gasteiger partial charge in [-0.25, -0.2) is 0 Å². The second kappa shape index (κ2) is 6.78. The number of nitrogens with two attached hydrogens (primary N) is 1. The van der Waals surface area contributed by atoms with Crippen LogP contribution in [0.25, 0.3) is 0 Å². The number of nitrogens with zero attached hydrogens (tertiary/aromatic N) is 1. The van der Waals surface area contributed by atoms with Crippen molar-refractivity contribution in [3.05, 3.63) is 22.4 Å². The Labute approximate surface area is 113 Å². The summed E-state index contributed by atoms with van der Waals surface area (Å²) < 4.78 is 0. The minimum Gasteiger partial charge on any atom is -0.326 e. The maximum atomic E-state index is 6.35. The van der Waals surface area contributed by atoms with Crippen LogP contribution < -0.4 is 5.73 Å². The fraction of sp³-hybridized carbons (Fsp3) is 0.692. The van der Waals surface area contributed by atoms with Crippen LogP contribution in [-0.4, -0.2) is 35.5 Å². The van der Waals surface area contributed by atoms with Gasteiger partial charge in [-0.05, 0) is 47.5 Å². The van der Waals surface area contributed by atoms with Gasteiger partial charge < -0.3 is 5.73 Å². The molecule has 0 saturated carbocycles. The average molecular weight is 270 g/mol. The molecule has 1 fully saturated rings. The predicted molar refractivity (Wildman–Crippen MR) is 78.8 cm³/mol. The van der Waals surface area contributed by atoms with Gasteiger partial charge in [0.2, 0.25) is 0 Å². The van der Waals surface area contributed by atoms with Gasteiger partial charge in [0.05, 0.1) is 6.04 Å². The molecule has 4 heteroatoms. The average Bonchev–Trinajstić information content (AvgIpc) is 2.73. The lowest BCUT2D eigenvalue weighted by atomic mass is 9.98. The predicted octanol–water partition coefficient (Wildman–Crippen LogP) is 2.97. The highest BCUT2D eigenvalue weighted by molar-refractivity contribution is 7.99. The molecule has 0 aliphatic carbocycles. The summed E-state index contributed by atoms with van der Waals surface area (Å²) in [4.78, 5) is 2.59. The van der Waals surface area contributed by atoms with Crippen LogP contribution in [0.2, 0.25) is 0 Å². The van der Waals surface area contributed by atoms with Gasteiger partial charge in [-0.3, -0.25) is 4.90 Å². The highest BCUT2D eigenvalue weighted by atomic mass is 32.2. The van der Waals surface area contributed by atoms with Crippen LogP contribution in [0.15, 0.2) is 16.8 Å². The van der Waals surface area contributed by atoms with Crippen LogP contribution in [0.5, 0.6) is 0 Å². The SMILES string of the molecule is CCC(N)C(c1ccsc1)N1CCCSCC1. The monoisotopic (exact) mass is 270 g/mol. The van der Waals surface area contributed by atoms with Crippen molar-refractivity contribution in [2.45, 2.75) is 31.8 Å². The molecule has 0 aromatic carbocycles. The van der Waals surface area contributed by atoms with Crippen molar-refractivity contribution < 1.29 is 0 Å². The first-order valence-corrected chi connectivity index (χ1v) is 8.52. The quantitative estimate of drug-likeness (QED) is 0.912. The molecule has 96 valence electrons. The van der Waals surface area contributed by atoms with E-state index in [-0.39, 0.29) is 6.04 Å². The lowest BCUT2D eigenvalue weighted by Crippen LogP contribution is -2.41. The Morgan fingerprint density at radius 1 is 1.41 bits per heavy atom. The lowest BCUT2D eigenvalue weighted by Gasteiger charge is -2.34. The first-order valence-electron chi connectivity index (χ1n) is 6.42. The van der Waals surface area contributed by atoms with Crippen LogP contribution in [0.4, 0.5) is 0 Å². The van der Waals surface area contributed by atoms with E-state index in [9.17, 15) is 0 Å². The highest BCUT2D eigenvalue weighted by Gasteiger charge is 2.26. The van der Waals surface area contributed by atoms with Gasteiger partial charge in [0.15, 0.2) is 0 Å². The van der Waals surface area contributed by atoms with E-state index in [2.05, 4.69) is 40.4 Å². The Hall–Kier alpha value is -0.0300. The van der Waals surface area contributed by atoms with Crippen LogP contribution in [0.1, 0.15) is 31.4 Å². The second-order valence-electron chi connectivity index (χ2n) is 4.58. The molecule has 0 amide bonds. The molecular formula is C13H22N2S2. The number of hydrogen-bond acceptors (Lipinski definition) is 4. The molecular weight excluding hydrogens is 248 g/mol. The van der Waals surface area contributed by atoms with E-state index in [0.717, 1.165) is 6.42 Å². The number of rotatable bonds is 4. The van der Waals surface area contributed by atoms with Gasteiger partial charge in [-0.15, -0.1) is 0 Å². The lowest BCUT2D eigenvalue weighted by molar-refractivity contribution is 0.183. The van der Waals surface area contributed by atoms with Gasteiger partial charge in [0.1, 0.15) is 0 Å². The molecule has 2 heterocycles. The molecule has 2 rings (SSSR count). The van der Waals surface area contributed by atoms with Gasteiger partial charge in [-0.2, -0.15) is 23.1 Å². The van der Waals surface area contributed by atoms with E-state index < -0.39 is 0 Å². The molecule has 2 N–H and O–H groups in total. The third kappa shape index (κ3) is 3.47. The number of thioether (sulfide) groups is 1. The molecule has 1 aromatic rings. The molecule has 1 aliphatic heterocycles. The largest absolute Gasteiger partial charge is 0.326 e. The molecule has 0 bridgehead atoms. The summed E-state index contributed by atoms with van der Waals surface area (Å²) in [5.74, 6) is 2.55. The van der Waals surface area contributed by atoms with Gasteiger partial charge in [0, 0.05) is 18.3 Å². The van der Waals surface area contributed by atoms with Crippen LogP contribution in [-0.2, 0) is 0 Å². The summed E-state index contributed by atoms with van der Waals surface area (Å²) in [6.45, 7) is 4.57. The van der Waals surface area contributed by atoms with Crippen LogP contribution >= 0.6 is 23.1 Å². The second-order valence-corrected chi connectivity index (χ2v) is 6.58. The summed E-state index contributed by atoms with van der Waals surface area (Å²) in [5.41, 5.74) is 7.76. The molecule has 0 spiro atoms. The Morgan fingerprint density at radius 3 is 3.00 bits per heavy atom. The smallest absolute Gasteiger partial charge is 0.0507 e. The summed E-state index contributed by atoms with van der Waals surface area (Å²) in [6.07, 6.45) is 2.34. The first-order chi connectivity index (χ1) is 8.33. The molecule has 17 heavy (non-hydrogen) atoms. The molecule has 2 nitrogen and oxygen atoms in total. The summed E-state index contributed by atoms with van der Waals surface area (Å²) in [6, 6.07) is 2.92. The molecule has 1 aromatic heterocycles. The van der Waals surface area contributed by atoms with E-state index in [1.165, 1.54) is 36.6 Å². The molecule has 1 aliphatic rings. The minimum absolute atomic E-state index is 0.257. The van der Waals surface area contributed by atoms with Crippen LogP contribution in [0.3, 0.4) is 0 Å². The van der Waals surface area contributed by atoms with Gasteiger partial charge in [0.25, 0.3) is 0 Å². The Kier molecular flexibility index (Phi) is 5.35. The van der Waals surface area contributed by atoms with Crippen LogP contribution in [0, 0.1) is 0 Å². The number of thiophene rings is 1. The van der Waals surface area contributed by atoms with Crippen molar-refractivity contribution in [1.29, 1.82) is 0 Å². The highest BCUT2D eigenvalue weighted by Crippen LogP contribution is 2.28. The Bertz CT molecular complexity index is 305. The normalized spacial score (nSPS) is 22.0. The van der Waals surface area contributed by atoms with Crippen molar-refractivity contribution >= 4 is 23.1 Å². The Morgan fingerprint density at radius 2 is 2.29 bits per heavy atom. The summed E-state index contributed by atoms with van der Waals surface area (Å²) >= 11 is 3.85. The Balaban J connectivity index is 2.14. The fourth-order valence-corrected chi connectivity index (χ4v) is 4.03. The maximum absolute atomic E-state index is 6.35. The van der Waals surface area contributed by atoms with E-state index in [4.69, 9.17) is 5.73 Å². The van der Waals surface area contributed by atoms with Gasteiger partial charge in [-0.1, -0.05) is 6.92 Å². The molecule has 2 unspecified atom stereocenters. The van der Waals surface area contributed by atoms with E-state index >= 15 is 0 Å². The standard InChI is InChI=1S/C13H22N2S2/c1-2-12(14)13(11-4-8-17-10-11)15-5-3-7-16-9-6-15/h4,8,10,12-13H,2-3,5-7,9,14H2,1H3. The van der Waals surface area contributed by atoms with Gasteiger partial charge >= 0.3 is 0 Å². The molecule has 2 atom stereocenters. The van der Waals surface area contributed by atoms with E-state index in [0.29, 0.717) is 6.04 Å². The zero-order valence-electron chi connectivity index (χ0n) is 10.5. The van der Waals surface area contributed by atoms with Crippen molar-refractivity contribution in [2.24, 2.45) is 5.73 Å². The van der Waals surface area contributed by atoms with Crippen molar-refractivity contribution in [1.82, 2.24) is 4.90 Å². The van der Waals surface area contributed by atoms with Crippen molar-refractivity contribution in [3.8, 4) is 0 Å².